The minimum absolute atomic E-state index is 0.227. The summed E-state index contributed by atoms with van der Waals surface area (Å²) in [5.41, 5.74) is 0. The summed E-state index contributed by atoms with van der Waals surface area (Å²) in [6.45, 7) is 5.69. The SMILES string of the molecule is C=CC[C@@]1(S(=O)(=O)c2ccccc2)CCCC[C@H]1[C@@H](O)CC. The van der Waals surface area contributed by atoms with Crippen molar-refractivity contribution < 1.29 is 13.5 Å². The average Bonchev–Trinajstić information content (AvgIpc) is 2.55. The Labute approximate surface area is 134 Å². The van der Waals surface area contributed by atoms with E-state index in [2.05, 4.69) is 6.58 Å². The monoisotopic (exact) mass is 322 g/mol. The minimum Gasteiger partial charge on any atom is -0.393 e. The van der Waals surface area contributed by atoms with Crippen LogP contribution in [-0.4, -0.2) is 24.4 Å². The Morgan fingerprint density at radius 1 is 1.36 bits per heavy atom. The highest BCUT2D eigenvalue weighted by atomic mass is 32.2. The lowest BCUT2D eigenvalue weighted by Crippen LogP contribution is -2.51. The van der Waals surface area contributed by atoms with Gasteiger partial charge in [-0.05, 0) is 37.8 Å². The molecule has 1 aromatic carbocycles. The van der Waals surface area contributed by atoms with Crippen LogP contribution in [0, 0.1) is 5.92 Å². The minimum atomic E-state index is -3.52. The number of hydrogen-bond acceptors (Lipinski definition) is 3. The van der Waals surface area contributed by atoms with Crippen LogP contribution in [0.25, 0.3) is 0 Å². The van der Waals surface area contributed by atoms with Gasteiger partial charge < -0.3 is 5.11 Å². The van der Waals surface area contributed by atoms with Crippen molar-refractivity contribution in [1.82, 2.24) is 0 Å². The van der Waals surface area contributed by atoms with E-state index >= 15 is 0 Å². The zero-order valence-electron chi connectivity index (χ0n) is 13.2. The van der Waals surface area contributed by atoms with Gasteiger partial charge in [0.15, 0.2) is 9.84 Å². The topological polar surface area (TPSA) is 54.4 Å². The summed E-state index contributed by atoms with van der Waals surface area (Å²) < 4.78 is 25.8. The third kappa shape index (κ3) is 2.86. The number of aliphatic hydroxyl groups excluding tert-OH is 1. The summed E-state index contributed by atoms with van der Waals surface area (Å²) >= 11 is 0. The second-order valence-electron chi connectivity index (χ2n) is 6.20. The molecule has 0 aromatic heterocycles. The summed E-state index contributed by atoms with van der Waals surface area (Å²) in [4.78, 5) is 0.354. The summed E-state index contributed by atoms with van der Waals surface area (Å²) in [6.07, 6.45) is 5.30. The van der Waals surface area contributed by atoms with Gasteiger partial charge in [0, 0.05) is 5.92 Å². The van der Waals surface area contributed by atoms with E-state index in [1.165, 1.54) is 0 Å². The Morgan fingerprint density at radius 2 is 2.05 bits per heavy atom. The molecule has 0 amide bonds. The molecule has 0 bridgehead atoms. The van der Waals surface area contributed by atoms with Gasteiger partial charge in [-0.15, -0.1) is 6.58 Å². The standard InChI is InChI=1S/C18H26O3S/c1-3-13-18(14-9-8-12-16(18)17(19)4-2)22(20,21)15-10-6-5-7-11-15/h3,5-7,10-11,16-17,19H,1,4,8-9,12-14H2,2H3/t16-,17-,18+/m0/s1. The fourth-order valence-electron chi connectivity index (χ4n) is 3.84. The maximum Gasteiger partial charge on any atom is 0.184 e. The molecule has 0 heterocycles. The van der Waals surface area contributed by atoms with Crippen molar-refractivity contribution in [1.29, 1.82) is 0 Å². The lowest BCUT2D eigenvalue weighted by Gasteiger charge is -2.45. The van der Waals surface area contributed by atoms with Crippen molar-refractivity contribution in [2.45, 2.75) is 61.2 Å². The molecule has 1 aromatic rings. The predicted octanol–water partition coefficient (Wildman–Crippen LogP) is 3.74. The van der Waals surface area contributed by atoms with E-state index < -0.39 is 20.7 Å². The Morgan fingerprint density at radius 3 is 2.64 bits per heavy atom. The van der Waals surface area contributed by atoms with Gasteiger partial charge in [-0.25, -0.2) is 8.42 Å². The van der Waals surface area contributed by atoms with E-state index in [-0.39, 0.29) is 5.92 Å². The first-order valence-electron chi connectivity index (χ1n) is 8.08. The smallest absolute Gasteiger partial charge is 0.184 e. The van der Waals surface area contributed by atoms with E-state index in [0.717, 1.165) is 19.3 Å². The van der Waals surface area contributed by atoms with Gasteiger partial charge in [0.05, 0.1) is 15.7 Å². The first kappa shape index (κ1) is 17.2. The molecule has 1 N–H and O–H groups in total. The molecule has 22 heavy (non-hydrogen) atoms. The van der Waals surface area contributed by atoms with Crippen molar-refractivity contribution >= 4 is 9.84 Å². The third-order valence-electron chi connectivity index (χ3n) is 5.00. The van der Waals surface area contributed by atoms with Crippen LogP contribution in [0.5, 0.6) is 0 Å². The molecule has 0 aliphatic heterocycles. The quantitative estimate of drug-likeness (QED) is 0.812. The average molecular weight is 322 g/mol. The molecular weight excluding hydrogens is 296 g/mol. The van der Waals surface area contributed by atoms with Gasteiger partial charge in [0.2, 0.25) is 0 Å². The molecular formula is C18H26O3S. The van der Waals surface area contributed by atoms with E-state index in [4.69, 9.17) is 0 Å². The van der Waals surface area contributed by atoms with Crippen LogP contribution in [-0.2, 0) is 9.84 Å². The van der Waals surface area contributed by atoms with Crippen molar-refractivity contribution in [2.24, 2.45) is 5.92 Å². The molecule has 3 nitrogen and oxygen atoms in total. The van der Waals surface area contributed by atoms with Crippen LogP contribution in [0.15, 0.2) is 47.9 Å². The van der Waals surface area contributed by atoms with E-state index in [1.54, 1.807) is 30.3 Å². The molecule has 0 radical (unpaired) electrons. The Bertz CT molecular complexity index is 594. The second-order valence-corrected chi connectivity index (χ2v) is 8.49. The van der Waals surface area contributed by atoms with Crippen LogP contribution in [0.2, 0.25) is 0 Å². The molecule has 1 aliphatic rings. The van der Waals surface area contributed by atoms with E-state index in [9.17, 15) is 13.5 Å². The van der Waals surface area contributed by atoms with Crippen LogP contribution >= 0.6 is 0 Å². The highest BCUT2D eigenvalue weighted by molar-refractivity contribution is 7.92. The first-order valence-corrected chi connectivity index (χ1v) is 9.56. The van der Waals surface area contributed by atoms with Crippen molar-refractivity contribution in [2.75, 3.05) is 0 Å². The zero-order chi connectivity index (χ0) is 16.2. The number of aliphatic hydroxyl groups is 1. The van der Waals surface area contributed by atoms with Gasteiger partial charge in [-0.2, -0.15) is 0 Å². The largest absolute Gasteiger partial charge is 0.393 e. The molecule has 0 unspecified atom stereocenters. The summed E-state index contributed by atoms with van der Waals surface area (Å²) in [7, 11) is -3.52. The maximum absolute atomic E-state index is 13.4. The molecule has 0 spiro atoms. The molecule has 2 rings (SSSR count). The van der Waals surface area contributed by atoms with Crippen molar-refractivity contribution in [3.05, 3.63) is 43.0 Å². The Kier molecular flexibility index (Phi) is 5.45. The number of benzene rings is 1. The van der Waals surface area contributed by atoms with Crippen molar-refractivity contribution in [3.63, 3.8) is 0 Å². The molecule has 4 heteroatoms. The first-order chi connectivity index (χ1) is 10.5. The van der Waals surface area contributed by atoms with Crippen LogP contribution in [0.3, 0.4) is 0 Å². The molecule has 1 saturated carbocycles. The summed E-state index contributed by atoms with van der Waals surface area (Å²) in [6, 6.07) is 8.64. The maximum atomic E-state index is 13.4. The van der Waals surface area contributed by atoms with Gasteiger partial charge in [-0.1, -0.05) is 44.0 Å². The van der Waals surface area contributed by atoms with Crippen LogP contribution in [0.4, 0.5) is 0 Å². The number of sulfone groups is 1. The lowest BCUT2D eigenvalue weighted by atomic mass is 9.73. The van der Waals surface area contributed by atoms with Gasteiger partial charge in [-0.3, -0.25) is 0 Å². The highest BCUT2D eigenvalue weighted by Crippen LogP contribution is 2.47. The fourth-order valence-corrected chi connectivity index (χ4v) is 6.25. The van der Waals surface area contributed by atoms with E-state index in [1.807, 2.05) is 13.0 Å². The summed E-state index contributed by atoms with van der Waals surface area (Å²) in [5.74, 6) is -0.227. The van der Waals surface area contributed by atoms with E-state index in [0.29, 0.717) is 24.2 Å². The van der Waals surface area contributed by atoms with Gasteiger partial charge >= 0.3 is 0 Å². The number of hydrogen-bond donors (Lipinski definition) is 1. The molecule has 122 valence electrons. The number of allylic oxidation sites excluding steroid dienone is 1. The predicted molar refractivity (Wildman–Crippen MR) is 89.4 cm³/mol. The van der Waals surface area contributed by atoms with Crippen LogP contribution in [0.1, 0.15) is 45.4 Å². The molecule has 0 saturated heterocycles. The zero-order valence-corrected chi connectivity index (χ0v) is 14.1. The Hall–Kier alpha value is -1.13. The normalized spacial score (nSPS) is 27.3. The van der Waals surface area contributed by atoms with Crippen molar-refractivity contribution in [3.8, 4) is 0 Å². The summed E-state index contributed by atoms with van der Waals surface area (Å²) in [5, 5.41) is 10.5. The molecule has 1 aliphatic carbocycles. The van der Waals surface area contributed by atoms with Crippen LogP contribution < -0.4 is 0 Å². The van der Waals surface area contributed by atoms with Gasteiger partial charge in [0.25, 0.3) is 0 Å². The number of rotatable bonds is 6. The molecule has 3 atom stereocenters. The third-order valence-corrected chi connectivity index (χ3v) is 7.64. The second kappa shape index (κ2) is 6.97. The molecule has 1 fully saturated rings. The highest BCUT2D eigenvalue weighted by Gasteiger charge is 2.52. The lowest BCUT2D eigenvalue weighted by molar-refractivity contribution is 0.0558. The van der Waals surface area contributed by atoms with Gasteiger partial charge in [0.1, 0.15) is 0 Å². The fraction of sp³-hybridized carbons (Fsp3) is 0.556. The Balaban J connectivity index is 2.57.